The van der Waals surface area contributed by atoms with Gasteiger partial charge in [-0.05, 0) is 56.7 Å². The van der Waals surface area contributed by atoms with Gasteiger partial charge in [-0.3, -0.25) is 14.2 Å². The lowest BCUT2D eigenvalue weighted by molar-refractivity contribution is -0.121. The molecule has 7 heteroatoms. The topological polar surface area (TPSA) is 64.0 Å². The third kappa shape index (κ3) is 4.78. The summed E-state index contributed by atoms with van der Waals surface area (Å²) in [5, 5.41) is 3.90. The Bertz CT molecular complexity index is 1030. The fraction of sp³-hybridized carbons (Fsp3) is 0.286. The van der Waals surface area contributed by atoms with Gasteiger partial charge in [0.25, 0.3) is 5.56 Å². The van der Waals surface area contributed by atoms with E-state index in [4.69, 9.17) is 0 Å². The predicted octanol–water partition coefficient (Wildman–Crippen LogP) is 3.92. The predicted molar refractivity (Wildman–Crippen MR) is 111 cm³/mol. The summed E-state index contributed by atoms with van der Waals surface area (Å²) in [7, 11) is 0. The van der Waals surface area contributed by atoms with Gasteiger partial charge >= 0.3 is 0 Å². The van der Waals surface area contributed by atoms with Crippen molar-refractivity contribution in [3.63, 3.8) is 0 Å². The number of benzene rings is 2. The summed E-state index contributed by atoms with van der Waals surface area (Å²) < 4.78 is 14.8. The zero-order chi connectivity index (χ0) is 20.1. The molecular formula is C21H22FN3O2S. The quantitative estimate of drug-likeness (QED) is 0.372. The van der Waals surface area contributed by atoms with Crippen LogP contribution in [0.4, 0.5) is 4.39 Å². The van der Waals surface area contributed by atoms with Crippen molar-refractivity contribution < 1.29 is 9.18 Å². The fourth-order valence-corrected chi connectivity index (χ4v) is 3.77. The summed E-state index contributed by atoms with van der Waals surface area (Å²) >= 11 is 1.41. The van der Waals surface area contributed by atoms with E-state index in [-0.39, 0.29) is 23.3 Å². The highest BCUT2D eigenvalue weighted by Crippen LogP contribution is 2.22. The van der Waals surface area contributed by atoms with Crippen LogP contribution in [-0.4, -0.2) is 27.3 Å². The smallest absolute Gasteiger partial charge is 0.266 e. The van der Waals surface area contributed by atoms with Crippen LogP contribution in [0, 0.1) is 5.82 Å². The van der Waals surface area contributed by atoms with Gasteiger partial charge in [-0.25, -0.2) is 9.37 Å². The molecule has 0 fully saturated rings. The molecule has 0 spiro atoms. The molecule has 3 rings (SSSR count). The monoisotopic (exact) mass is 399 g/mol. The summed E-state index contributed by atoms with van der Waals surface area (Å²) in [4.78, 5) is 29.5. The molecule has 0 aliphatic rings. The minimum Gasteiger partial charge on any atom is -0.354 e. The number of para-hydroxylation sites is 1. The van der Waals surface area contributed by atoms with E-state index in [1.807, 2.05) is 19.9 Å². The van der Waals surface area contributed by atoms with Crippen molar-refractivity contribution in [3.05, 3.63) is 64.7 Å². The summed E-state index contributed by atoms with van der Waals surface area (Å²) in [6.45, 7) is 3.85. The first-order valence-corrected chi connectivity index (χ1v) is 10.1. The van der Waals surface area contributed by atoms with E-state index < -0.39 is 0 Å². The first kappa shape index (κ1) is 20.1. The molecule has 2 aromatic carbocycles. The molecule has 0 aliphatic carbocycles. The first-order chi connectivity index (χ1) is 13.5. The van der Waals surface area contributed by atoms with Crippen LogP contribution in [0.25, 0.3) is 16.6 Å². The molecule has 1 amide bonds. The average molecular weight is 399 g/mol. The molecule has 0 bridgehead atoms. The number of thioether (sulfide) groups is 1. The molecule has 1 N–H and O–H groups in total. The molecule has 0 saturated heterocycles. The molecule has 3 aromatic rings. The standard InChI is InChI=1S/C21H22FN3O2S/c1-14(2)23-19(26)8-5-13-28-21-24-18-7-4-3-6-17(18)20(27)25(21)16-11-9-15(22)10-12-16/h3-4,6-7,9-12,14H,5,8,13H2,1-2H3,(H,23,26). The molecule has 28 heavy (non-hydrogen) atoms. The lowest BCUT2D eigenvalue weighted by Gasteiger charge is -2.13. The number of hydrogen-bond donors (Lipinski definition) is 1. The maximum absolute atomic E-state index is 13.3. The van der Waals surface area contributed by atoms with Gasteiger partial charge in [-0.1, -0.05) is 23.9 Å². The Morgan fingerprint density at radius 2 is 1.89 bits per heavy atom. The number of carbonyl (C=O) groups is 1. The molecule has 0 aliphatic heterocycles. The summed E-state index contributed by atoms with van der Waals surface area (Å²) in [5.74, 6) is 0.284. The molecule has 146 valence electrons. The van der Waals surface area contributed by atoms with Crippen LogP contribution in [0.1, 0.15) is 26.7 Å². The summed E-state index contributed by atoms with van der Waals surface area (Å²) in [6.07, 6.45) is 1.08. The Morgan fingerprint density at radius 3 is 2.61 bits per heavy atom. The number of halogens is 1. The average Bonchev–Trinajstić information content (AvgIpc) is 2.66. The third-order valence-corrected chi connectivity index (χ3v) is 5.08. The number of aromatic nitrogens is 2. The van der Waals surface area contributed by atoms with Crippen molar-refractivity contribution in [1.29, 1.82) is 0 Å². The lowest BCUT2D eigenvalue weighted by atomic mass is 10.2. The molecule has 0 unspecified atom stereocenters. The van der Waals surface area contributed by atoms with E-state index in [0.717, 1.165) is 0 Å². The lowest BCUT2D eigenvalue weighted by Crippen LogP contribution is -2.29. The second-order valence-electron chi connectivity index (χ2n) is 6.70. The Kier molecular flexibility index (Phi) is 6.46. The second-order valence-corrected chi connectivity index (χ2v) is 7.76. The number of nitrogens with zero attached hydrogens (tertiary/aromatic N) is 2. The van der Waals surface area contributed by atoms with Crippen molar-refractivity contribution >= 4 is 28.6 Å². The molecular weight excluding hydrogens is 377 g/mol. The van der Waals surface area contributed by atoms with E-state index in [0.29, 0.717) is 40.3 Å². The normalized spacial score (nSPS) is 11.1. The van der Waals surface area contributed by atoms with E-state index in [2.05, 4.69) is 10.3 Å². The second kappa shape index (κ2) is 9.01. The van der Waals surface area contributed by atoms with Crippen LogP contribution in [0.5, 0.6) is 0 Å². The van der Waals surface area contributed by atoms with Crippen molar-refractivity contribution in [2.45, 2.75) is 37.9 Å². The van der Waals surface area contributed by atoms with Crippen molar-refractivity contribution in [1.82, 2.24) is 14.9 Å². The van der Waals surface area contributed by atoms with Crippen LogP contribution in [0.3, 0.4) is 0 Å². The van der Waals surface area contributed by atoms with Gasteiger partial charge in [0.2, 0.25) is 5.91 Å². The number of fused-ring (bicyclic) bond motifs is 1. The Morgan fingerprint density at radius 1 is 1.18 bits per heavy atom. The Hall–Kier alpha value is -2.67. The Balaban J connectivity index is 1.87. The summed E-state index contributed by atoms with van der Waals surface area (Å²) in [6, 6.07) is 13.0. The van der Waals surface area contributed by atoms with Gasteiger partial charge in [-0.15, -0.1) is 0 Å². The third-order valence-electron chi connectivity index (χ3n) is 4.06. The maximum atomic E-state index is 13.3. The van der Waals surface area contributed by atoms with Gasteiger partial charge in [-0.2, -0.15) is 0 Å². The van der Waals surface area contributed by atoms with E-state index >= 15 is 0 Å². The number of amides is 1. The van der Waals surface area contributed by atoms with E-state index in [1.54, 1.807) is 30.3 Å². The highest BCUT2D eigenvalue weighted by atomic mass is 32.2. The fourth-order valence-electron chi connectivity index (χ4n) is 2.82. The summed E-state index contributed by atoms with van der Waals surface area (Å²) in [5.41, 5.74) is 0.980. The van der Waals surface area contributed by atoms with E-state index in [1.165, 1.54) is 28.5 Å². The van der Waals surface area contributed by atoms with Crippen LogP contribution in [0.2, 0.25) is 0 Å². The number of carbonyl (C=O) groups excluding carboxylic acids is 1. The van der Waals surface area contributed by atoms with Gasteiger partial charge in [0.1, 0.15) is 5.82 Å². The highest BCUT2D eigenvalue weighted by Gasteiger charge is 2.13. The molecule has 0 saturated carbocycles. The number of rotatable bonds is 7. The molecule has 1 aromatic heterocycles. The zero-order valence-corrected chi connectivity index (χ0v) is 16.6. The van der Waals surface area contributed by atoms with Crippen LogP contribution >= 0.6 is 11.8 Å². The molecule has 1 heterocycles. The SMILES string of the molecule is CC(C)NC(=O)CCCSc1nc2ccccc2c(=O)n1-c1ccc(F)cc1. The largest absolute Gasteiger partial charge is 0.354 e. The number of hydrogen-bond acceptors (Lipinski definition) is 4. The highest BCUT2D eigenvalue weighted by molar-refractivity contribution is 7.99. The first-order valence-electron chi connectivity index (χ1n) is 9.15. The van der Waals surface area contributed by atoms with Crippen LogP contribution in [-0.2, 0) is 4.79 Å². The van der Waals surface area contributed by atoms with Crippen molar-refractivity contribution in [3.8, 4) is 5.69 Å². The van der Waals surface area contributed by atoms with Crippen molar-refractivity contribution in [2.75, 3.05) is 5.75 Å². The van der Waals surface area contributed by atoms with E-state index in [9.17, 15) is 14.0 Å². The minimum absolute atomic E-state index is 0.0120. The Labute approximate surface area is 167 Å². The van der Waals surface area contributed by atoms with Crippen molar-refractivity contribution in [2.24, 2.45) is 0 Å². The number of nitrogens with one attached hydrogen (secondary N) is 1. The van der Waals surface area contributed by atoms with Gasteiger partial charge in [0.05, 0.1) is 16.6 Å². The van der Waals surface area contributed by atoms with Gasteiger partial charge in [0.15, 0.2) is 5.16 Å². The molecule has 0 radical (unpaired) electrons. The molecule has 5 nitrogen and oxygen atoms in total. The van der Waals surface area contributed by atoms with Gasteiger partial charge < -0.3 is 5.32 Å². The molecule has 0 atom stereocenters. The van der Waals surface area contributed by atoms with Crippen LogP contribution in [0.15, 0.2) is 58.5 Å². The van der Waals surface area contributed by atoms with Gasteiger partial charge in [0, 0.05) is 18.2 Å². The van der Waals surface area contributed by atoms with Crippen LogP contribution < -0.4 is 10.9 Å². The minimum atomic E-state index is -0.365. The maximum Gasteiger partial charge on any atom is 0.266 e. The zero-order valence-electron chi connectivity index (χ0n) is 15.8.